The summed E-state index contributed by atoms with van der Waals surface area (Å²) in [5, 5.41) is 9.29. The lowest BCUT2D eigenvalue weighted by molar-refractivity contribution is -0.139. The summed E-state index contributed by atoms with van der Waals surface area (Å²) < 4.78 is 5.35. The molecule has 1 amide bonds. The fourth-order valence-corrected chi connectivity index (χ4v) is 4.37. The largest absolute Gasteiger partial charge is 0.481 e. The fourth-order valence-electron chi connectivity index (χ4n) is 3.28. The highest BCUT2D eigenvalue weighted by Gasteiger charge is 2.24. The molecular weight excluding hydrogens is 338 g/mol. The van der Waals surface area contributed by atoms with Crippen LogP contribution in [0.4, 0.5) is 0 Å². The minimum Gasteiger partial charge on any atom is -0.481 e. The number of ether oxygens (including phenoxy) is 1. The predicted octanol–water partition coefficient (Wildman–Crippen LogP) is 3.51. The minimum absolute atomic E-state index is 0.0552. The van der Waals surface area contributed by atoms with Crippen molar-refractivity contribution in [3.05, 3.63) is 28.8 Å². The van der Waals surface area contributed by atoms with Gasteiger partial charge in [0, 0.05) is 23.9 Å². The Bertz CT molecular complexity index is 609. The molecule has 1 aliphatic heterocycles. The lowest BCUT2D eigenvalue weighted by Gasteiger charge is -2.25. The number of thioether (sulfide) groups is 1. The fraction of sp³-hybridized carbons (Fsp3) is 0.579. The van der Waals surface area contributed by atoms with Crippen LogP contribution in [0, 0.1) is 13.8 Å². The van der Waals surface area contributed by atoms with Crippen LogP contribution in [0.2, 0.25) is 0 Å². The van der Waals surface area contributed by atoms with E-state index in [0.29, 0.717) is 16.6 Å². The van der Waals surface area contributed by atoms with Gasteiger partial charge in [0.1, 0.15) is 5.75 Å². The number of carbonyl (C=O) groups excluding carboxylic acids is 1. The number of rotatable bonds is 6. The van der Waals surface area contributed by atoms with Gasteiger partial charge >= 0.3 is 5.97 Å². The van der Waals surface area contributed by atoms with Gasteiger partial charge in [-0.25, -0.2) is 4.79 Å². The predicted molar refractivity (Wildman–Crippen MR) is 101 cm³/mol. The highest BCUT2D eigenvalue weighted by Crippen LogP contribution is 2.27. The third-order valence-corrected chi connectivity index (χ3v) is 5.55. The zero-order valence-electron chi connectivity index (χ0n) is 15.2. The molecule has 0 aliphatic carbocycles. The summed E-state index contributed by atoms with van der Waals surface area (Å²) in [4.78, 5) is 25.6. The Balaban J connectivity index is 2.16. The second-order valence-electron chi connectivity index (χ2n) is 6.45. The average Bonchev–Trinajstić information content (AvgIpc) is 2.79. The maximum Gasteiger partial charge on any atom is 0.341 e. The topological polar surface area (TPSA) is 66.8 Å². The van der Waals surface area contributed by atoms with Crippen molar-refractivity contribution in [3.8, 4) is 5.75 Å². The van der Waals surface area contributed by atoms with Crippen LogP contribution >= 0.6 is 11.8 Å². The van der Waals surface area contributed by atoms with Crippen LogP contribution in [-0.4, -0.2) is 52.6 Å². The second kappa shape index (κ2) is 9.13. The van der Waals surface area contributed by atoms with Crippen molar-refractivity contribution in [3.63, 3.8) is 0 Å². The molecule has 1 aromatic rings. The second-order valence-corrected chi connectivity index (χ2v) is 8.02. The Morgan fingerprint density at radius 2 is 1.96 bits per heavy atom. The first-order chi connectivity index (χ1) is 11.9. The number of likely N-dealkylation sites (tertiary alicyclic amines) is 1. The van der Waals surface area contributed by atoms with Gasteiger partial charge in [-0.1, -0.05) is 13.3 Å². The molecule has 1 aliphatic rings. The van der Waals surface area contributed by atoms with Crippen molar-refractivity contribution in [1.29, 1.82) is 0 Å². The Labute approximate surface area is 153 Å². The van der Waals surface area contributed by atoms with E-state index in [-0.39, 0.29) is 12.5 Å². The van der Waals surface area contributed by atoms with E-state index < -0.39 is 5.97 Å². The summed E-state index contributed by atoms with van der Waals surface area (Å²) in [6, 6.07) is 3.61. The Morgan fingerprint density at radius 3 is 2.56 bits per heavy atom. The van der Waals surface area contributed by atoms with Gasteiger partial charge in [0.2, 0.25) is 0 Å². The van der Waals surface area contributed by atoms with E-state index in [1.165, 1.54) is 12.8 Å². The molecule has 0 spiro atoms. The number of amides is 1. The highest BCUT2D eigenvalue weighted by molar-refractivity contribution is 7.99. The van der Waals surface area contributed by atoms with E-state index in [0.717, 1.165) is 36.4 Å². The smallest absolute Gasteiger partial charge is 0.341 e. The van der Waals surface area contributed by atoms with Crippen LogP contribution in [0.5, 0.6) is 5.75 Å². The van der Waals surface area contributed by atoms with Crippen molar-refractivity contribution in [1.82, 2.24) is 4.90 Å². The highest BCUT2D eigenvalue weighted by atomic mass is 32.2. The zero-order chi connectivity index (χ0) is 18.4. The van der Waals surface area contributed by atoms with Gasteiger partial charge in [0.25, 0.3) is 5.91 Å². The SMILES string of the molecule is CCSC1CCCCN(C(=O)c2cc(C)c(OCC(=O)O)c(C)c2)C1. The molecule has 1 unspecified atom stereocenters. The molecule has 0 aromatic heterocycles. The lowest BCUT2D eigenvalue weighted by Crippen LogP contribution is -2.35. The van der Waals surface area contributed by atoms with Crippen LogP contribution < -0.4 is 4.74 Å². The molecule has 138 valence electrons. The van der Waals surface area contributed by atoms with Gasteiger partial charge in [-0.05, 0) is 55.7 Å². The molecule has 1 fully saturated rings. The van der Waals surface area contributed by atoms with Crippen molar-refractivity contribution < 1.29 is 19.4 Å². The molecule has 0 radical (unpaired) electrons. The molecule has 1 atom stereocenters. The van der Waals surface area contributed by atoms with Crippen molar-refractivity contribution in [2.45, 2.75) is 45.3 Å². The van der Waals surface area contributed by atoms with Gasteiger partial charge < -0.3 is 14.7 Å². The maximum atomic E-state index is 13.0. The maximum absolute atomic E-state index is 13.0. The number of hydrogen-bond acceptors (Lipinski definition) is 4. The lowest BCUT2D eigenvalue weighted by atomic mass is 10.0. The van der Waals surface area contributed by atoms with Gasteiger partial charge in [-0.15, -0.1) is 0 Å². The van der Waals surface area contributed by atoms with Crippen LogP contribution in [0.15, 0.2) is 12.1 Å². The van der Waals surface area contributed by atoms with E-state index in [1.54, 1.807) is 12.1 Å². The molecule has 0 bridgehead atoms. The minimum atomic E-state index is -1.01. The monoisotopic (exact) mass is 365 g/mol. The van der Waals surface area contributed by atoms with E-state index in [1.807, 2.05) is 30.5 Å². The van der Waals surface area contributed by atoms with Gasteiger partial charge in [-0.3, -0.25) is 4.79 Å². The molecule has 0 saturated carbocycles. The molecule has 1 N–H and O–H groups in total. The van der Waals surface area contributed by atoms with E-state index in [2.05, 4.69) is 6.92 Å². The summed E-state index contributed by atoms with van der Waals surface area (Å²) in [5.74, 6) is 0.664. The van der Waals surface area contributed by atoms with Crippen LogP contribution in [0.25, 0.3) is 0 Å². The summed E-state index contributed by atoms with van der Waals surface area (Å²) in [5.41, 5.74) is 2.23. The third kappa shape index (κ3) is 5.39. The molecule has 2 rings (SSSR count). The number of carboxylic acids is 1. The van der Waals surface area contributed by atoms with Gasteiger partial charge in [0.15, 0.2) is 6.61 Å². The third-order valence-electron chi connectivity index (χ3n) is 4.36. The number of aryl methyl sites for hydroxylation is 2. The number of hydrogen-bond donors (Lipinski definition) is 1. The average molecular weight is 365 g/mol. The summed E-state index contributed by atoms with van der Waals surface area (Å²) in [7, 11) is 0. The summed E-state index contributed by atoms with van der Waals surface area (Å²) >= 11 is 1.93. The van der Waals surface area contributed by atoms with Crippen molar-refractivity contribution in [2.75, 3.05) is 25.4 Å². The Hall–Kier alpha value is -1.69. The zero-order valence-corrected chi connectivity index (χ0v) is 16.0. The number of aliphatic carboxylic acids is 1. The van der Waals surface area contributed by atoms with E-state index in [4.69, 9.17) is 9.84 Å². The number of nitrogens with zero attached hydrogens (tertiary/aromatic N) is 1. The molecule has 1 aromatic carbocycles. The van der Waals surface area contributed by atoms with Crippen LogP contribution in [0.3, 0.4) is 0 Å². The normalized spacial score (nSPS) is 17.9. The van der Waals surface area contributed by atoms with Crippen LogP contribution in [-0.2, 0) is 4.79 Å². The molecule has 1 saturated heterocycles. The standard InChI is InChI=1S/C19H27NO4S/c1-4-25-16-7-5-6-8-20(11-16)19(23)15-9-13(2)18(14(3)10-15)24-12-17(21)22/h9-10,16H,4-8,11-12H2,1-3H3,(H,21,22). The van der Waals surface area contributed by atoms with Crippen LogP contribution in [0.1, 0.15) is 47.7 Å². The summed E-state index contributed by atoms with van der Waals surface area (Å²) in [6.45, 7) is 7.07. The van der Waals surface area contributed by atoms with Crippen molar-refractivity contribution in [2.24, 2.45) is 0 Å². The van der Waals surface area contributed by atoms with E-state index in [9.17, 15) is 9.59 Å². The molecule has 25 heavy (non-hydrogen) atoms. The molecule has 5 nitrogen and oxygen atoms in total. The number of benzene rings is 1. The quantitative estimate of drug-likeness (QED) is 0.835. The molecule has 1 heterocycles. The first-order valence-corrected chi connectivity index (χ1v) is 9.84. The first-order valence-electron chi connectivity index (χ1n) is 8.79. The van der Waals surface area contributed by atoms with Crippen molar-refractivity contribution >= 4 is 23.6 Å². The first kappa shape index (κ1) is 19.6. The molecular formula is C19H27NO4S. The van der Waals surface area contributed by atoms with Gasteiger partial charge in [-0.2, -0.15) is 11.8 Å². The van der Waals surface area contributed by atoms with Gasteiger partial charge in [0.05, 0.1) is 0 Å². The summed E-state index contributed by atoms with van der Waals surface area (Å²) in [6.07, 6.45) is 3.38. The number of carbonyl (C=O) groups is 2. The Kier molecular flexibility index (Phi) is 7.17. The van der Waals surface area contributed by atoms with E-state index >= 15 is 0 Å². The molecule has 6 heteroatoms. The number of carboxylic acid groups (broad SMARTS) is 1. The Morgan fingerprint density at radius 1 is 1.28 bits per heavy atom.